The summed E-state index contributed by atoms with van der Waals surface area (Å²) < 4.78 is 69.3. The first-order valence-corrected chi connectivity index (χ1v) is 13.8. The van der Waals surface area contributed by atoms with Crippen LogP contribution in [-0.4, -0.2) is 75.2 Å². The van der Waals surface area contributed by atoms with Crippen molar-refractivity contribution in [3.8, 4) is 16.9 Å². The van der Waals surface area contributed by atoms with Crippen molar-refractivity contribution < 1.29 is 31.4 Å². The van der Waals surface area contributed by atoms with Gasteiger partial charge in [-0.3, -0.25) is 4.90 Å². The zero-order valence-electron chi connectivity index (χ0n) is 21.0. The van der Waals surface area contributed by atoms with E-state index in [9.17, 15) is 21.6 Å². The minimum absolute atomic E-state index is 0.0403. The quantitative estimate of drug-likeness (QED) is 0.411. The number of aliphatic imine (C=N–C) groups is 1. The zero-order chi connectivity index (χ0) is 27.5. The van der Waals surface area contributed by atoms with Crippen LogP contribution in [0.2, 0.25) is 0 Å². The van der Waals surface area contributed by atoms with Gasteiger partial charge in [0.15, 0.2) is 16.0 Å². The SMILES string of the molecule is CCS(=O)(=O)c1cc#cc(-c2ccc(OCCCN(CCO)CC(F)(F)F)c3c2C2=CC(C)=C=NC2N3)c1. The fraction of sp³-hybridized carbons (Fsp3) is 0.407. The third-order valence-electron chi connectivity index (χ3n) is 6.21. The molecule has 1 unspecified atom stereocenters. The van der Waals surface area contributed by atoms with Crippen molar-refractivity contribution in [3.63, 3.8) is 0 Å². The average Bonchev–Trinajstić information content (AvgIpc) is 3.25. The van der Waals surface area contributed by atoms with Crippen molar-refractivity contribution in [2.45, 2.75) is 37.5 Å². The number of nitrogens with zero attached hydrogens (tertiary/aromatic N) is 2. The lowest BCUT2D eigenvalue weighted by molar-refractivity contribution is -0.147. The number of halogens is 3. The Morgan fingerprint density at radius 3 is 2.76 bits per heavy atom. The van der Waals surface area contributed by atoms with Crippen LogP contribution in [0.4, 0.5) is 18.9 Å². The Balaban J connectivity index is 1.62. The molecule has 11 heteroatoms. The molecule has 1 atom stereocenters. The molecule has 2 aromatic carbocycles. The molecule has 0 bridgehead atoms. The standard InChI is InChI=1S/C27H28F3N3O4S/c1-3-38(35,36)20-7-4-6-19(15-20)21-8-9-23(25-24(21)22-14-18(2)16-31-26(22)32-25)37-13-5-10-33(11-12-34)17-27(28,29)30/h7-9,14-15,26,32,34H,3,5,10-13,17H2,1-2H3. The molecular formula is C27H28F3N3O4S. The van der Waals surface area contributed by atoms with Gasteiger partial charge in [0, 0.05) is 47.0 Å². The lowest BCUT2D eigenvalue weighted by Crippen LogP contribution is -2.37. The molecule has 0 spiro atoms. The molecule has 0 aromatic heterocycles. The summed E-state index contributed by atoms with van der Waals surface area (Å²) in [5, 5.41) is 12.4. The molecule has 2 aliphatic heterocycles. The minimum atomic E-state index is -4.35. The number of aliphatic hydroxyl groups is 1. The summed E-state index contributed by atoms with van der Waals surface area (Å²) >= 11 is 0. The topological polar surface area (TPSA) is 91.2 Å². The third-order valence-corrected chi connectivity index (χ3v) is 7.92. The number of anilines is 1. The largest absolute Gasteiger partial charge is 0.491 e. The van der Waals surface area contributed by atoms with Crippen LogP contribution in [0, 0.1) is 12.1 Å². The second-order valence-corrected chi connectivity index (χ2v) is 11.3. The maximum absolute atomic E-state index is 12.8. The molecule has 0 saturated heterocycles. The summed E-state index contributed by atoms with van der Waals surface area (Å²) in [5.41, 5.74) is 4.41. The van der Waals surface area contributed by atoms with Gasteiger partial charge >= 0.3 is 6.18 Å². The molecule has 202 valence electrons. The Morgan fingerprint density at radius 2 is 2.05 bits per heavy atom. The van der Waals surface area contributed by atoms with Gasteiger partial charge in [-0.05, 0) is 43.5 Å². The van der Waals surface area contributed by atoms with E-state index in [1.54, 1.807) is 25.1 Å². The molecule has 2 aliphatic rings. The van der Waals surface area contributed by atoms with Crippen LogP contribution in [0.1, 0.15) is 25.8 Å². The van der Waals surface area contributed by atoms with E-state index in [2.05, 4.69) is 28.3 Å². The molecule has 0 fully saturated rings. The molecule has 7 nitrogen and oxygen atoms in total. The molecule has 2 N–H and O–H groups in total. The van der Waals surface area contributed by atoms with Crippen LogP contribution in [0.3, 0.4) is 0 Å². The summed E-state index contributed by atoms with van der Waals surface area (Å²) in [6, 6.07) is 12.3. The number of aliphatic hydroxyl groups excluding tert-OH is 1. The first-order chi connectivity index (χ1) is 18.0. The molecule has 0 saturated carbocycles. The number of hydrogen-bond acceptors (Lipinski definition) is 7. The first kappa shape index (κ1) is 27.7. The summed E-state index contributed by atoms with van der Waals surface area (Å²) in [7, 11) is -3.45. The highest BCUT2D eigenvalue weighted by molar-refractivity contribution is 7.91. The van der Waals surface area contributed by atoms with Crippen LogP contribution in [0.15, 0.2) is 45.8 Å². The Morgan fingerprint density at radius 1 is 1.26 bits per heavy atom. The molecule has 0 radical (unpaired) electrons. The van der Waals surface area contributed by atoms with Gasteiger partial charge in [-0.15, -0.1) is 0 Å². The van der Waals surface area contributed by atoms with Gasteiger partial charge in [-0.2, -0.15) is 13.2 Å². The van der Waals surface area contributed by atoms with Gasteiger partial charge in [0.05, 0.1) is 36.1 Å². The first-order valence-electron chi connectivity index (χ1n) is 12.2. The van der Waals surface area contributed by atoms with Gasteiger partial charge in [0.1, 0.15) is 5.75 Å². The van der Waals surface area contributed by atoms with E-state index in [0.29, 0.717) is 23.4 Å². The van der Waals surface area contributed by atoms with Crippen molar-refractivity contribution in [2.75, 3.05) is 43.9 Å². The normalized spacial score (nSPS) is 16.3. The Hall–Kier alpha value is -3.29. The lowest BCUT2D eigenvalue weighted by atomic mass is 9.93. The van der Waals surface area contributed by atoms with Gasteiger partial charge in [0.25, 0.3) is 0 Å². The number of fused-ring (bicyclic) bond motifs is 3. The van der Waals surface area contributed by atoms with Crippen LogP contribution in [0.25, 0.3) is 16.7 Å². The Bertz CT molecular complexity index is 1400. The van der Waals surface area contributed by atoms with Gasteiger partial charge < -0.3 is 15.2 Å². The molecule has 0 aliphatic carbocycles. The second kappa shape index (κ2) is 11.2. The van der Waals surface area contributed by atoms with Gasteiger partial charge in [-0.1, -0.05) is 19.1 Å². The number of alkyl halides is 3. The predicted molar refractivity (Wildman–Crippen MR) is 139 cm³/mol. The van der Waals surface area contributed by atoms with Crippen molar-refractivity contribution in [3.05, 3.63) is 53.6 Å². The molecule has 2 aromatic rings. The smallest absolute Gasteiger partial charge is 0.401 e. The highest BCUT2D eigenvalue weighted by Gasteiger charge is 2.33. The van der Waals surface area contributed by atoms with E-state index < -0.39 is 28.7 Å². The van der Waals surface area contributed by atoms with Crippen molar-refractivity contribution >= 4 is 27.0 Å². The highest BCUT2D eigenvalue weighted by atomic mass is 32.2. The maximum atomic E-state index is 12.8. The maximum Gasteiger partial charge on any atom is 0.401 e. The third kappa shape index (κ3) is 6.22. The molecular weight excluding hydrogens is 519 g/mol. The molecule has 38 heavy (non-hydrogen) atoms. The minimum Gasteiger partial charge on any atom is -0.491 e. The number of sulfone groups is 1. The Kier molecular flexibility index (Phi) is 8.19. The monoisotopic (exact) mass is 547 g/mol. The fourth-order valence-electron chi connectivity index (χ4n) is 4.44. The van der Waals surface area contributed by atoms with Crippen molar-refractivity contribution in [1.82, 2.24) is 4.90 Å². The van der Waals surface area contributed by atoms with Crippen molar-refractivity contribution in [1.29, 1.82) is 0 Å². The van der Waals surface area contributed by atoms with Crippen LogP contribution in [-0.2, 0) is 9.84 Å². The summed E-state index contributed by atoms with van der Waals surface area (Å²) in [6.45, 7) is 2.18. The number of benzene rings is 1. The number of ether oxygens (including phenoxy) is 1. The van der Waals surface area contributed by atoms with Crippen LogP contribution < -0.4 is 10.1 Å². The second-order valence-electron chi connectivity index (χ2n) is 9.03. The van der Waals surface area contributed by atoms with Crippen LogP contribution in [0.5, 0.6) is 5.75 Å². The fourth-order valence-corrected chi connectivity index (χ4v) is 5.31. The van der Waals surface area contributed by atoms with Crippen LogP contribution >= 0.6 is 0 Å². The van der Waals surface area contributed by atoms with E-state index in [1.807, 2.05) is 13.0 Å². The number of hydrogen-bond donors (Lipinski definition) is 2. The Labute approximate surface area is 220 Å². The number of rotatable bonds is 11. The highest BCUT2D eigenvalue weighted by Crippen LogP contribution is 2.48. The molecule has 4 rings (SSSR count). The summed E-state index contributed by atoms with van der Waals surface area (Å²) in [6.07, 6.45) is -2.49. The van der Waals surface area contributed by atoms with E-state index in [0.717, 1.165) is 27.2 Å². The van der Waals surface area contributed by atoms with E-state index in [1.165, 1.54) is 6.07 Å². The van der Waals surface area contributed by atoms with Crippen molar-refractivity contribution in [2.24, 2.45) is 4.99 Å². The van der Waals surface area contributed by atoms with E-state index >= 15 is 0 Å². The number of nitrogens with one attached hydrogen (secondary N) is 1. The van der Waals surface area contributed by atoms with Gasteiger partial charge in [0.2, 0.25) is 0 Å². The molecule has 2 heterocycles. The molecule has 0 amide bonds. The predicted octanol–water partition coefficient (Wildman–Crippen LogP) is 4.14. The number of allylic oxidation sites excluding steroid dienone is 2. The van der Waals surface area contributed by atoms with Gasteiger partial charge in [-0.25, -0.2) is 13.4 Å². The average molecular weight is 548 g/mol. The zero-order valence-corrected chi connectivity index (χ0v) is 21.8. The van der Waals surface area contributed by atoms with E-state index in [4.69, 9.17) is 9.84 Å². The van der Waals surface area contributed by atoms with E-state index in [-0.39, 0.29) is 37.0 Å². The summed E-state index contributed by atoms with van der Waals surface area (Å²) in [4.78, 5) is 5.73. The lowest BCUT2D eigenvalue weighted by Gasteiger charge is -2.22. The summed E-state index contributed by atoms with van der Waals surface area (Å²) in [5.74, 6) is 3.41.